The third-order valence-corrected chi connectivity index (χ3v) is 11.1. The molecule has 3 aliphatic rings. The van der Waals surface area contributed by atoms with Crippen LogP contribution >= 0.6 is 26.8 Å². The van der Waals surface area contributed by atoms with Crippen LogP contribution in [-0.4, -0.2) is 102 Å². The Hall–Kier alpha value is -1.22. The van der Waals surface area contributed by atoms with E-state index in [4.69, 9.17) is 35.4 Å². The van der Waals surface area contributed by atoms with E-state index >= 15 is 0 Å². The Bertz CT molecular complexity index is 1280. The predicted molar refractivity (Wildman–Crippen MR) is 133 cm³/mol. The van der Waals surface area contributed by atoms with E-state index in [0.717, 1.165) is 13.1 Å². The van der Waals surface area contributed by atoms with Crippen LogP contribution in [0.1, 0.15) is 25.5 Å². The van der Waals surface area contributed by atoms with Crippen molar-refractivity contribution in [3.8, 4) is 0 Å². The first-order valence-electron chi connectivity index (χ1n) is 12.0. The van der Waals surface area contributed by atoms with Gasteiger partial charge in [-0.1, -0.05) is 6.42 Å². The molecule has 1 saturated carbocycles. The number of nitrogens with zero attached hydrogens (tertiary/aromatic N) is 5. The number of hydrogen-bond acceptors (Lipinski definition) is 11. The van der Waals surface area contributed by atoms with Gasteiger partial charge in [-0.2, -0.15) is 15.1 Å². The first-order chi connectivity index (χ1) is 17.8. The highest BCUT2D eigenvalue weighted by Gasteiger charge is 2.57. The van der Waals surface area contributed by atoms with E-state index in [1.807, 2.05) is 0 Å². The zero-order valence-corrected chi connectivity index (χ0v) is 23.0. The maximum atomic E-state index is 12.2. The molecule has 38 heavy (non-hydrogen) atoms. The van der Waals surface area contributed by atoms with Crippen molar-refractivity contribution in [1.29, 1.82) is 0 Å². The summed E-state index contributed by atoms with van der Waals surface area (Å²) in [7, 11) is -8.35. The fourth-order valence-electron chi connectivity index (χ4n) is 5.76. The van der Waals surface area contributed by atoms with Crippen LogP contribution in [0.5, 0.6) is 0 Å². The molecule has 0 spiro atoms. The van der Waals surface area contributed by atoms with Crippen LogP contribution in [0.15, 0.2) is 6.20 Å². The largest absolute Gasteiger partial charge is 0.385 e. The summed E-state index contributed by atoms with van der Waals surface area (Å²) < 4.78 is 40.3. The van der Waals surface area contributed by atoms with E-state index < -0.39 is 58.3 Å². The van der Waals surface area contributed by atoms with Crippen molar-refractivity contribution in [3.05, 3.63) is 11.5 Å². The smallest absolute Gasteiger partial charge is 0.340 e. The van der Waals surface area contributed by atoms with Gasteiger partial charge in [0, 0.05) is 20.2 Å². The van der Waals surface area contributed by atoms with E-state index in [9.17, 15) is 24.2 Å². The molecule has 212 valence electrons. The summed E-state index contributed by atoms with van der Waals surface area (Å²) in [6, 6.07) is 0. The Morgan fingerprint density at radius 2 is 1.89 bits per heavy atom. The molecule has 1 aliphatic carbocycles. The van der Waals surface area contributed by atoms with Gasteiger partial charge in [0.1, 0.15) is 23.6 Å². The number of aromatic nitrogens is 4. The monoisotopic (exact) mass is 597 g/mol. The molecule has 2 aromatic rings. The Morgan fingerprint density at radius 1 is 1.21 bits per heavy atom. The number of fused-ring (bicyclic) bond motifs is 2. The molecule has 0 aromatic carbocycles. The third-order valence-electron chi connectivity index (χ3n) is 7.48. The van der Waals surface area contributed by atoms with E-state index in [2.05, 4.69) is 20.0 Å². The van der Waals surface area contributed by atoms with Gasteiger partial charge in [0.25, 0.3) is 0 Å². The average molecular weight is 598 g/mol. The van der Waals surface area contributed by atoms with Crippen molar-refractivity contribution >= 4 is 43.6 Å². The van der Waals surface area contributed by atoms with Gasteiger partial charge in [-0.25, -0.2) is 4.68 Å². The summed E-state index contributed by atoms with van der Waals surface area (Å²) in [4.78, 5) is 38.8. The quantitative estimate of drug-likeness (QED) is 0.199. The fraction of sp³-hybridized carbons (Fsp3) is 0.750. The summed E-state index contributed by atoms with van der Waals surface area (Å²) in [6.45, 7) is 0.439. The van der Waals surface area contributed by atoms with Gasteiger partial charge in [0.15, 0.2) is 17.8 Å². The summed E-state index contributed by atoms with van der Waals surface area (Å²) in [6.07, 6.45) is 0.640. The number of aliphatic hydroxyl groups excluding tert-OH is 1. The van der Waals surface area contributed by atoms with Gasteiger partial charge in [-0.15, -0.1) is 0 Å². The molecule has 3 fully saturated rings. The predicted octanol–water partition coefficient (Wildman–Crippen LogP) is 0.689. The highest BCUT2D eigenvalue weighted by atomic mass is 35.5. The lowest BCUT2D eigenvalue weighted by atomic mass is 9.93. The second-order valence-corrected chi connectivity index (χ2v) is 14.5. The number of halogens is 1. The second kappa shape index (κ2) is 10.3. The lowest BCUT2D eigenvalue weighted by Crippen LogP contribution is -2.52. The number of rotatable bonds is 9. The topological polar surface area (TPSA) is 210 Å². The second-order valence-electron chi connectivity index (χ2n) is 10.1. The van der Waals surface area contributed by atoms with Crippen LogP contribution in [0.2, 0.25) is 5.28 Å². The van der Waals surface area contributed by atoms with Crippen molar-refractivity contribution in [3.63, 3.8) is 0 Å². The number of hydrogen-bond donors (Lipinski definition) is 5. The van der Waals surface area contributed by atoms with Gasteiger partial charge in [-0.3, -0.25) is 9.13 Å². The molecular weight excluding hydrogens is 568 g/mol. The van der Waals surface area contributed by atoms with Crippen LogP contribution in [0.4, 0.5) is 5.82 Å². The fourth-order valence-corrected chi connectivity index (χ4v) is 8.48. The van der Waals surface area contributed by atoms with Crippen molar-refractivity contribution in [2.45, 2.75) is 43.3 Å². The molecule has 0 radical (unpaired) electrons. The molecule has 18 heteroatoms. The molecule has 5 N–H and O–H groups in total. The Labute approximate surface area is 222 Å². The van der Waals surface area contributed by atoms with Gasteiger partial charge >= 0.3 is 15.2 Å². The molecule has 15 nitrogen and oxygen atoms in total. The van der Waals surface area contributed by atoms with Crippen molar-refractivity contribution in [2.75, 3.05) is 44.2 Å². The molecule has 4 heterocycles. The lowest BCUT2D eigenvalue weighted by Gasteiger charge is -2.30. The van der Waals surface area contributed by atoms with E-state index in [-0.39, 0.29) is 10.9 Å². The number of aliphatic hydroxyl groups is 2. The minimum atomic E-state index is -4.87. The molecule has 7 atom stereocenters. The molecule has 2 aromatic heterocycles. The van der Waals surface area contributed by atoms with Gasteiger partial charge in [-0.05, 0) is 36.3 Å². The van der Waals surface area contributed by atoms with Gasteiger partial charge in [0.05, 0.1) is 24.8 Å². The first-order valence-corrected chi connectivity index (χ1v) is 16.0. The standard InChI is InChI=1S/C20H30ClN5O10P2/c1-34-9-20(28)14(8-35-38(32,33)10-37(29,30)31)36-18(15(20)27)26-17-13(5-22-26)16(23-19(21)24-17)25-6-11-3-2-4-12(11)7-25/h5,11-12,14-15,18,27-28H,2-4,6-10H2,1H3,(H,32,33)(H2,29,30,31)/t11-,12+,14-,15+,18-,20-/m1/s1. The first kappa shape index (κ1) is 28.3. The maximum absolute atomic E-state index is 12.2. The summed E-state index contributed by atoms with van der Waals surface area (Å²) >= 11 is 6.28. The minimum Gasteiger partial charge on any atom is -0.385 e. The average Bonchev–Trinajstić information content (AvgIpc) is 3.55. The molecular formula is C20H30ClN5O10P2. The van der Waals surface area contributed by atoms with E-state index in [1.54, 1.807) is 0 Å². The Kier molecular flexibility index (Phi) is 7.68. The summed E-state index contributed by atoms with van der Waals surface area (Å²) in [5, 5.41) is 27.2. The highest BCUT2D eigenvalue weighted by molar-refractivity contribution is 7.70. The van der Waals surface area contributed by atoms with Gasteiger partial charge in [0.2, 0.25) is 5.28 Å². The van der Waals surface area contributed by atoms with Crippen molar-refractivity contribution in [2.24, 2.45) is 11.8 Å². The number of ether oxygens (including phenoxy) is 2. The van der Waals surface area contributed by atoms with Crippen LogP contribution in [0, 0.1) is 11.8 Å². The molecule has 0 amide bonds. The zero-order chi connectivity index (χ0) is 27.5. The summed E-state index contributed by atoms with van der Waals surface area (Å²) in [5.74, 6) is 0.374. The van der Waals surface area contributed by atoms with Crippen LogP contribution in [0.25, 0.3) is 11.0 Å². The summed E-state index contributed by atoms with van der Waals surface area (Å²) in [5.41, 5.74) is -1.89. The molecule has 2 aliphatic heterocycles. The third kappa shape index (κ3) is 5.39. The molecule has 1 unspecified atom stereocenters. The maximum Gasteiger partial charge on any atom is 0.340 e. The van der Waals surface area contributed by atoms with Crippen molar-refractivity contribution < 1.29 is 48.0 Å². The molecule has 5 rings (SSSR count). The SMILES string of the molecule is COC[C@@]1(O)[C@@H](COP(=O)(O)CP(=O)(O)O)O[C@@H](n2ncc3c(N4C[C@H]5CCC[C@H]5C4)nc(Cl)nc32)[C@@H]1O. The minimum absolute atomic E-state index is 0.0375. The van der Waals surface area contributed by atoms with Crippen LogP contribution < -0.4 is 4.90 Å². The molecule has 0 bridgehead atoms. The van der Waals surface area contributed by atoms with E-state index in [0.29, 0.717) is 23.0 Å². The van der Waals surface area contributed by atoms with Crippen LogP contribution in [0.3, 0.4) is 0 Å². The van der Waals surface area contributed by atoms with Gasteiger partial charge < -0.3 is 43.8 Å². The zero-order valence-electron chi connectivity index (χ0n) is 20.4. The van der Waals surface area contributed by atoms with E-state index in [1.165, 1.54) is 37.3 Å². The highest BCUT2D eigenvalue weighted by Crippen LogP contribution is 2.56. The number of anilines is 1. The Balaban J connectivity index is 1.43. The normalized spacial score (nSPS) is 33.2. The number of methoxy groups -OCH3 is 1. The van der Waals surface area contributed by atoms with Crippen molar-refractivity contribution in [1.82, 2.24) is 19.7 Å². The Morgan fingerprint density at radius 3 is 2.53 bits per heavy atom. The lowest BCUT2D eigenvalue weighted by molar-refractivity contribution is -0.124. The van der Waals surface area contributed by atoms with Crippen LogP contribution in [-0.2, 0) is 23.1 Å². The molecule has 2 saturated heterocycles.